The Kier molecular flexibility index (Phi) is 6.06. The van der Waals surface area contributed by atoms with Gasteiger partial charge in [-0.2, -0.15) is 0 Å². The number of nitrogens with zero attached hydrogens (tertiary/aromatic N) is 5. The van der Waals surface area contributed by atoms with Crippen molar-refractivity contribution in [1.82, 2.24) is 23.5 Å². The number of rotatable bonds is 5. The van der Waals surface area contributed by atoms with E-state index in [-0.39, 0.29) is 24.8 Å². The Hall–Kier alpha value is -4.20. The van der Waals surface area contributed by atoms with Crippen LogP contribution in [-0.2, 0) is 0 Å². The minimum atomic E-state index is -0.316. The zero-order valence-corrected chi connectivity index (χ0v) is 18.4. The van der Waals surface area contributed by atoms with E-state index in [9.17, 15) is 9.18 Å². The Bertz CT molecular complexity index is 1560. The molecule has 8 heteroatoms. The van der Waals surface area contributed by atoms with Crippen molar-refractivity contribution in [3.05, 3.63) is 106 Å². The summed E-state index contributed by atoms with van der Waals surface area (Å²) in [5, 5.41) is 0.477. The number of hydrogen-bond acceptors (Lipinski definition) is 4. The molecule has 3 aromatic heterocycles. The van der Waals surface area contributed by atoms with Gasteiger partial charge in [-0.05, 0) is 55.3 Å². The number of aromatic nitrogens is 5. The normalized spacial score (nSPS) is 12.6. The standard InChI is InChI=1S/C25H22FN5O2.CH4/c1-16-14-29(15-28-16)21-9-4-18(13-23(21)33-3)12-22-24(32)31(25-27-10-11-30(22)25)17(2)19-5-7-20(26)8-6-19;/h4-15,17H,1-3H3;1H4/b22-12-;. The third kappa shape index (κ3) is 3.87. The molecule has 0 aliphatic heterocycles. The van der Waals surface area contributed by atoms with Crippen LogP contribution in [0.4, 0.5) is 4.39 Å². The van der Waals surface area contributed by atoms with Gasteiger partial charge in [-0.1, -0.05) is 25.6 Å². The first-order chi connectivity index (χ1) is 16.0. The lowest BCUT2D eigenvalue weighted by Crippen LogP contribution is -2.32. The van der Waals surface area contributed by atoms with Crippen molar-refractivity contribution < 1.29 is 9.13 Å². The summed E-state index contributed by atoms with van der Waals surface area (Å²) in [5.74, 6) is 0.874. The molecular formula is C26H26FN5O2. The minimum Gasteiger partial charge on any atom is -0.495 e. The van der Waals surface area contributed by atoms with Crippen LogP contribution in [-0.4, -0.2) is 30.6 Å². The number of halogens is 1. The first-order valence-electron chi connectivity index (χ1n) is 10.5. The Balaban J connectivity index is 0.00000274. The molecule has 1 unspecified atom stereocenters. The van der Waals surface area contributed by atoms with Gasteiger partial charge < -0.3 is 9.30 Å². The van der Waals surface area contributed by atoms with Crippen molar-refractivity contribution in [1.29, 1.82) is 0 Å². The van der Waals surface area contributed by atoms with Gasteiger partial charge in [0.2, 0.25) is 5.78 Å². The van der Waals surface area contributed by atoms with Crippen molar-refractivity contribution in [3.8, 4) is 11.4 Å². The highest BCUT2D eigenvalue weighted by molar-refractivity contribution is 5.58. The summed E-state index contributed by atoms with van der Waals surface area (Å²) in [6, 6.07) is 11.6. The number of fused-ring (bicyclic) bond motifs is 1. The van der Waals surface area contributed by atoms with Crippen LogP contribution in [0.25, 0.3) is 17.5 Å². The molecule has 0 aliphatic rings. The molecule has 0 saturated heterocycles. The molecule has 0 saturated carbocycles. The average molecular weight is 460 g/mol. The van der Waals surface area contributed by atoms with Gasteiger partial charge in [0.1, 0.15) is 16.9 Å². The van der Waals surface area contributed by atoms with Gasteiger partial charge in [-0.3, -0.25) is 13.8 Å². The summed E-state index contributed by atoms with van der Waals surface area (Å²) in [4.78, 5) is 22.1. The smallest absolute Gasteiger partial charge is 0.278 e. The van der Waals surface area contributed by atoms with Crippen LogP contribution >= 0.6 is 0 Å². The zero-order valence-electron chi connectivity index (χ0n) is 18.4. The van der Waals surface area contributed by atoms with E-state index in [0.717, 1.165) is 22.5 Å². The predicted molar refractivity (Wildman–Crippen MR) is 130 cm³/mol. The van der Waals surface area contributed by atoms with E-state index >= 15 is 0 Å². The average Bonchev–Trinajstić information content (AvgIpc) is 3.52. The van der Waals surface area contributed by atoms with Gasteiger partial charge in [-0.25, -0.2) is 14.4 Å². The van der Waals surface area contributed by atoms with Gasteiger partial charge in [0.15, 0.2) is 0 Å². The maximum atomic E-state index is 13.4. The van der Waals surface area contributed by atoms with Gasteiger partial charge in [0.05, 0.1) is 30.9 Å². The maximum Gasteiger partial charge on any atom is 0.278 e. The molecule has 0 bridgehead atoms. The second kappa shape index (κ2) is 8.97. The molecule has 5 rings (SSSR count). The summed E-state index contributed by atoms with van der Waals surface area (Å²) in [7, 11) is 1.61. The van der Waals surface area contributed by atoms with Crippen molar-refractivity contribution in [2.24, 2.45) is 0 Å². The quantitative estimate of drug-likeness (QED) is 0.400. The van der Waals surface area contributed by atoms with E-state index in [0.29, 0.717) is 16.9 Å². The van der Waals surface area contributed by atoms with Crippen LogP contribution in [0, 0.1) is 12.7 Å². The largest absolute Gasteiger partial charge is 0.495 e. The number of benzene rings is 2. The van der Waals surface area contributed by atoms with E-state index in [1.165, 1.54) is 12.1 Å². The molecule has 0 radical (unpaired) electrons. The van der Waals surface area contributed by atoms with E-state index in [2.05, 4.69) is 9.97 Å². The molecule has 0 spiro atoms. The molecule has 0 amide bonds. The fourth-order valence-electron chi connectivity index (χ4n) is 4.06. The highest BCUT2D eigenvalue weighted by Gasteiger charge is 2.18. The van der Waals surface area contributed by atoms with E-state index < -0.39 is 0 Å². The SMILES string of the molecule is C.COc1cc(/C=c2/c(=O)n(C(C)c3ccc(F)cc3)c3nccn23)ccc1-n1cnc(C)c1. The molecular weight excluding hydrogens is 433 g/mol. The van der Waals surface area contributed by atoms with Gasteiger partial charge in [0.25, 0.3) is 5.56 Å². The molecule has 3 heterocycles. The zero-order chi connectivity index (χ0) is 23.1. The third-order valence-corrected chi connectivity index (χ3v) is 5.77. The predicted octanol–water partition coefficient (Wildman–Crippen LogP) is 3.93. The van der Waals surface area contributed by atoms with Crippen LogP contribution < -0.4 is 15.6 Å². The molecule has 5 aromatic rings. The molecule has 0 fully saturated rings. The summed E-state index contributed by atoms with van der Waals surface area (Å²) in [5.41, 5.74) is 3.22. The summed E-state index contributed by atoms with van der Waals surface area (Å²) < 4.78 is 24.3. The summed E-state index contributed by atoms with van der Waals surface area (Å²) in [6.45, 7) is 3.83. The Morgan fingerprint density at radius 3 is 2.56 bits per heavy atom. The second-order valence-corrected chi connectivity index (χ2v) is 7.88. The fraction of sp³-hybridized carbons (Fsp3) is 0.192. The second-order valence-electron chi connectivity index (χ2n) is 7.88. The number of methoxy groups -OCH3 is 1. The molecule has 34 heavy (non-hydrogen) atoms. The summed E-state index contributed by atoms with van der Waals surface area (Å²) >= 11 is 0. The Morgan fingerprint density at radius 1 is 1.12 bits per heavy atom. The maximum absolute atomic E-state index is 13.4. The Morgan fingerprint density at radius 2 is 1.88 bits per heavy atom. The first-order valence-corrected chi connectivity index (χ1v) is 10.5. The van der Waals surface area contributed by atoms with Crippen molar-refractivity contribution >= 4 is 11.9 Å². The van der Waals surface area contributed by atoms with Crippen LogP contribution in [0.3, 0.4) is 0 Å². The van der Waals surface area contributed by atoms with Gasteiger partial charge in [-0.15, -0.1) is 0 Å². The Labute approximate surface area is 196 Å². The van der Waals surface area contributed by atoms with E-state index in [1.807, 2.05) is 48.9 Å². The number of hydrogen-bond donors (Lipinski definition) is 0. The van der Waals surface area contributed by atoms with Crippen LogP contribution in [0.2, 0.25) is 0 Å². The lowest BCUT2D eigenvalue weighted by atomic mass is 10.1. The minimum absolute atomic E-state index is 0. The number of imidazole rings is 3. The monoisotopic (exact) mass is 459 g/mol. The van der Waals surface area contributed by atoms with Crippen molar-refractivity contribution in [2.75, 3.05) is 7.11 Å². The lowest BCUT2D eigenvalue weighted by Gasteiger charge is -2.12. The number of aryl methyl sites for hydroxylation is 1. The molecule has 1 atom stereocenters. The van der Waals surface area contributed by atoms with E-state index in [4.69, 9.17) is 4.74 Å². The lowest BCUT2D eigenvalue weighted by molar-refractivity contribution is 0.413. The van der Waals surface area contributed by atoms with Crippen molar-refractivity contribution in [2.45, 2.75) is 27.3 Å². The van der Waals surface area contributed by atoms with Crippen molar-refractivity contribution in [3.63, 3.8) is 0 Å². The highest BCUT2D eigenvalue weighted by Crippen LogP contribution is 2.25. The summed E-state index contributed by atoms with van der Waals surface area (Å²) in [6.07, 6.45) is 8.89. The van der Waals surface area contributed by atoms with Gasteiger partial charge in [0, 0.05) is 18.6 Å². The molecule has 174 valence electrons. The van der Waals surface area contributed by atoms with E-state index in [1.54, 1.807) is 46.9 Å². The molecule has 7 nitrogen and oxygen atoms in total. The number of ether oxygens (including phenoxy) is 1. The van der Waals surface area contributed by atoms with Gasteiger partial charge >= 0.3 is 0 Å². The van der Waals surface area contributed by atoms with Crippen LogP contribution in [0.15, 0.2) is 72.2 Å². The fourth-order valence-corrected chi connectivity index (χ4v) is 4.06. The van der Waals surface area contributed by atoms with Crippen LogP contribution in [0.1, 0.15) is 37.2 Å². The van der Waals surface area contributed by atoms with Crippen LogP contribution in [0.5, 0.6) is 5.75 Å². The first kappa shape index (κ1) is 23.0. The third-order valence-electron chi connectivity index (χ3n) is 5.77. The molecule has 0 aliphatic carbocycles. The highest BCUT2D eigenvalue weighted by atomic mass is 19.1. The topological polar surface area (TPSA) is 66.3 Å². The molecule has 2 aromatic carbocycles. The molecule has 0 N–H and O–H groups in total.